The van der Waals surface area contributed by atoms with E-state index in [-0.39, 0.29) is 0 Å². The average molecular weight is 282 g/mol. The maximum Gasteiger partial charge on any atom is 0.119 e. The van der Waals surface area contributed by atoms with E-state index in [0.29, 0.717) is 39.6 Å². The number of hydrogen-bond donors (Lipinski definition) is 0. The first-order valence-electron chi connectivity index (χ1n) is 7.31. The Morgan fingerprint density at radius 1 is 0.800 bits per heavy atom. The first-order chi connectivity index (χ1) is 9.86. The number of ether oxygens (including phenoxy) is 4. The van der Waals surface area contributed by atoms with E-state index in [1.165, 1.54) is 5.56 Å². The molecular formula is C16H26O4. The van der Waals surface area contributed by atoms with Crippen molar-refractivity contribution < 1.29 is 18.9 Å². The Hall–Kier alpha value is -1.10. The van der Waals surface area contributed by atoms with Crippen molar-refractivity contribution in [2.45, 2.75) is 20.3 Å². The van der Waals surface area contributed by atoms with Crippen molar-refractivity contribution >= 4 is 0 Å². The van der Waals surface area contributed by atoms with Crippen LogP contribution in [0.4, 0.5) is 0 Å². The molecule has 0 saturated heterocycles. The SMILES string of the molecule is CCOCCOCCOCCOc1cccc(CC)c1. The summed E-state index contributed by atoms with van der Waals surface area (Å²) in [4.78, 5) is 0. The zero-order valence-electron chi connectivity index (χ0n) is 12.6. The summed E-state index contributed by atoms with van der Waals surface area (Å²) in [5.74, 6) is 0.904. The van der Waals surface area contributed by atoms with Crippen molar-refractivity contribution in [3.8, 4) is 5.75 Å². The van der Waals surface area contributed by atoms with Gasteiger partial charge in [0.25, 0.3) is 0 Å². The molecule has 1 aromatic carbocycles. The van der Waals surface area contributed by atoms with Crippen LogP contribution >= 0.6 is 0 Å². The predicted molar refractivity (Wildman–Crippen MR) is 79.4 cm³/mol. The summed E-state index contributed by atoms with van der Waals surface area (Å²) >= 11 is 0. The second-order valence-corrected chi connectivity index (χ2v) is 4.27. The van der Waals surface area contributed by atoms with Crippen LogP contribution in [0.25, 0.3) is 0 Å². The van der Waals surface area contributed by atoms with Crippen LogP contribution in [0, 0.1) is 0 Å². The van der Waals surface area contributed by atoms with Crippen molar-refractivity contribution in [2.75, 3.05) is 46.2 Å². The molecular weight excluding hydrogens is 256 g/mol. The molecule has 0 atom stereocenters. The van der Waals surface area contributed by atoms with Crippen LogP contribution in [-0.2, 0) is 20.6 Å². The van der Waals surface area contributed by atoms with Crippen LogP contribution < -0.4 is 4.74 Å². The zero-order chi connectivity index (χ0) is 14.5. The van der Waals surface area contributed by atoms with Gasteiger partial charge >= 0.3 is 0 Å². The first kappa shape index (κ1) is 17.0. The smallest absolute Gasteiger partial charge is 0.119 e. The Morgan fingerprint density at radius 3 is 2.10 bits per heavy atom. The maximum absolute atomic E-state index is 5.62. The number of rotatable bonds is 12. The second kappa shape index (κ2) is 11.7. The highest BCUT2D eigenvalue weighted by Crippen LogP contribution is 2.13. The summed E-state index contributed by atoms with van der Waals surface area (Å²) in [6.07, 6.45) is 1.02. The average Bonchev–Trinajstić information content (AvgIpc) is 2.49. The molecule has 0 amide bonds. The Balaban J connectivity index is 1.94. The third-order valence-electron chi connectivity index (χ3n) is 2.75. The summed E-state index contributed by atoms with van der Waals surface area (Å²) in [6, 6.07) is 8.15. The molecule has 20 heavy (non-hydrogen) atoms. The molecule has 0 N–H and O–H groups in total. The fraction of sp³-hybridized carbons (Fsp3) is 0.625. The molecule has 0 radical (unpaired) electrons. The quantitative estimate of drug-likeness (QED) is 0.552. The van der Waals surface area contributed by atoms with Crippen molar-refractivity contribution in [1.82, 2.24) is 0 Å². The second-order valence-electron chi connectivity index (χ2n) is 4.27. The summed E-state index contributed by atoms with van der Waals surface area (Å²) in [7, 11) is 0. The van der Waals surface area contributed by atoms with Gasteiger partial charge in [-0.25, -0.2) is 0 Å². The fourth-order valence-electron chi connectivity index (χ4n) is 1.66. The number of hydrogen-bond acceptors (Lipinski definition) is 4. The van der Waals surface area contributed by atoms with Crippen molar-refractivity contribution in [2.24, 2.45) is 0 Å². The van der Waals surface area contributed by atoms with Gasteiger partial charge in [-0.05, 0) is 31.0 Å². The fourth-order valence-corrected chi connectivity index (χ4v) is 1.66. The minimum Gasteiger partial charge on any atom is -0.491 e. The molecule has 0 bridgehead atoms. The molecule has 4 nitrogen and oxygen atoms in total. The van der Waals surface area contributed by atoms with Gasteiger partial charge in [0.15, 0.2) is 0 Å². The van der Waals surface area contributed by atoms with Crippen LogP contribution in [0.1, 0.15) is 19.4 Å². The van der Waals surface area contributed by atoms with E-state index in [2.05, 4.69) is 19.1 Å². The van der Waals surface area contributed by atoms with Gasteiger partial charge in [0, 0.05) is 6.61 Å². The maximum atomic E-state index is 5.62. The minimum atomic E-state index is 0.562. The Labute approximate surface area is 122 Å². The van der Waals surface area contributed by atoms with Gasteiger partial charge in [0.1, 0.15) is 12.4 Å². The third-order valence-corrected chi connectivity index (χ3v) is 2.75. The molecule has 0 aliphatic heterocycles. The molecule has 1 aromatic rings. The Bertz CT molecular complexity index is 341. The molecule has 4 heteroatoms. The third kappa shape index (κ3) is 8.15. The molecule has 0 unspecified atom stereocenters. The van der Waals surface area contributed by atoms with Crippen LogP contribution in [0.2, 0.25) is 0 Å². The Kier molecular flexibility index (Phi) is 9.92. The molecule has 114 valence electrons. The molecule has 0 fully saturated rings. The highest BCUT2D eigenvalue weighted by atomic mass is 16.6. The van der Waals surface area contributed by atoms with E-state index in [1.54, 1.807) is 0 Å². The van der Waals surface area contributed by atoms with Gasteiger partial charge in [0.05, 0.1) is 33.0 Å². The van der Waals surface area contributed by atoms with E-state index in [1.807, 2.05) is 19.1 Å². The lowest BCUT2D eigenvalue weighted by atomic mass is 10.2. The lowest BCUT2D eigenvalue weighted by molar-refractivity contribution is 0.0114. The van der Waals surface area contributed by atoms with Gasteiger partial charge < -0.3 is 18.9 Å². The van der Waals surface area contributed by atoms with Gasteiger partial charge in [-0.15, -0.1) is 0 Å². The number of benzene rings is 1. The van der Waals surface area contributed by atoms with Crippen LogP contribution in [0.5, 0.6) is 5.75 Å². The van der Waals surface area contributed by atoms with Gasteiger partial charge in [-0.2, -0.15) is 0 Å². The first-order valence-corrected chi connectivity index (χ1v) is 7.31. The highest BCUT2D eigenvalue weighted by Gasteiger charge is 1.96. The van der Waals surface area contributed by atoms with Crippen molar-refractivity contribution in [1.29, 1.82) is 0 Å². The summed E-state index contributed by atoms with van der Waals surface area (Å²) in [5.41, 5.74) is 1.28. The normalized spacial score (nSPS) is 10.7. The lowest BCUT2D eigenvalue weighted by Gasteiger charge is -2.08. The molecule has 0 spiro atoms. The molecule has 0 aliphatic carbocycles. The van der Waals surface area contributed by atoms with Gasteiger partial charge in [-0.3, -0.25) is 0 Å². The van der Waals surface area contributed by atoms with Crippen molar-refractivity contribution in [3.05, 3.63) is 29.8 Å². The molecule has 0 aliphatic rings. The molecule has 1 rings (SSSR count). The topological polar surface area (TPSA) is 36.9 Å². The van der Waals surface area contributed by atoms with E-state index in [9.17, 15) is 0 Å². The van der Waals surface area contributed by atoms with E-state index >= 15 is 0 Å². The van der Waals surface area contributed by atoms with Crippen molar-refractivity contribution in [3.63, 3.8) is 0 Å². The Morgan fingerprint density at radius 2 is 1.45 bits per heavy atom. The van der Waals surface area contributed by atoms with E-state index in [0.717, 1.165) is 18.8 Å². The van der Waals surface area contributed by atoms with Gasteiger partial charge in [-0.1, -0.05) is 19.1 Å². The van der Waals surface area contributed by atoms with Crippen LogP contribution in [-0.4, -0.2) is 46.2 Å². The van der Waals surface area contributed by atoms with E-state index < -0.39 is 0 Å². The molecule has 0 heterocycles. The highest BCUT2D eigenvalue weighted by molar-refractivity contribution is 5.28. The van der Waals surface area contributed by atoms with E-state index in [4.69, 9.17) is 18.9 Å². The minimum absolute atomic E-state index is 0.562. The zero-order valence-corrected chi connectivity index (χ0v) is 12.6. The summed E-state index contributed by atoms with van der Waals surface area (Å²) < 4.78 is 21.6. The van der Waals surface area contributed by atoms with Crippen LogP contribution in [0.3, 0.4) is 0 Å². The lowest BCUT2D eigenvalue weighted by Crippen LogP contribution is -2.12. The van der Waals surface area contributed by atoms with Gasteiger partial charge in [0.2, 0.25) is 0 Å². The largest absolute Gasteiger partial charge is 0.491 e. The summed E-state index contributed by atoms with van der Waals surface area (Å²) in [5, 5.41) is 0. The number of aryl methyl sites for hydroxylation is 1. The standard InChI is InChI=1S/C16H26O4/c1-3-15-6-5-7-16(14-15)20-13-12-19-11-10-18-9-8-17-4-2/h5-7,14H,3-4,8-13H2,1-2H3. The summed E-state index contributed by atoms with van der Waals surface area (Å²) in [6.45, 7) is 8.43. The molecule has 0 aromatic heterocycles. The molecule has 0 saturated carbocycles. The monoisotopic (exact) mass is 282 g/mol. The van der Waals surface area contributed by atoms with Crippen LogP contribution in [0.15, 0.2) is 24.3 Å². The predicted octanol–water partition coefficient (Wildman–Crippen LogP) is 2.70.